The molecular weight excluding hydrogens is 290 g/mol. The van der Waals surface area contributed by atoms with Gasteiger partial charge in [0.15, 0.2) is 9.84 Å². The summed E-state index contributed by atoms with van der Waals surface area (Å²) in [6.45, 7) is 1.96. The smallest absolute Gasteiger partial charge is 0.337 e. The molecule has 0 aliphatic rings. The number of benzene rings is 1. The van der Waals surface area contributed by atoms with Gasteiger partial charge in [-0.3, -0.25) is 0 Å². The first-order chi connectivity index (χ1) is 8.73. The van der Waals surface area contributed by atoms with Crippen LogP contribution in [0, 0.1) is 0 Å². The fraction of sp³-hybridized carbons (Fsp3) is 0.417. The number of hydrogen-bond donors (Lipinski definition) is 2. The SMILES string of the molecule is CCc1cc(C(=O)O)c(Cl)c(CNC)c1S(C)(=O)=O. The molecule has 1 aromatic carbocycles. The second-order valence-electron chi connectivity index (χ2n) is 4.17. The molecule has 0 fully saturated rings. The lowest BCUT2D eigenvalue weighted by Crippen LogP contribution is -2.16. The molecule has 5 nitrogen and oxygen atoms in total. The minimum atomic E-state index is -3.48. The fourth-order valence-electron chi connectivity index (χ4n) is 1.97. The number of carboxylic acid groups (broad SMARTS) is 1. The van der Waals surface area contributed by atoms with Crippen molar-refractivity contribution in [1.82, 2.24) is 5.32 Å². The molecule has 1 rings (SSSR count). The monoisotopic (exact) mass is 305 g/mol. The molecule has 0 aliphatic carbocycles. The van der Waals surface area contributed by atoms with Crippen molar-refractivity contribution in [3.05, 3.63) is 27.8 Å². The Hall–Kier alpha value is -1.11. The van der Waals surface area contributed by atoms with E-state index in [-0.39, 0.29) is 22.0 Å². The molecule has 0 unspecified atom stereocenters. The highest BCUT2D eigenvalue weighted by Crippen LogP contribution is 2.31. The first-order valence-corrected chi connectivity index (χ1v) is 7.93. The van der Waals surface area contributed by atoms with Gasteiger partial charge in [0.1, 0.15) is 0 Å². The maximum absolute atomic E-state index is 11.9. The van der Waals surface area contributed by atoms with Gasteiger partial charge in [-0.05, 0) is 25.1 Å². The van der Waals surface area contributed by atoms with E-state index in [1.165, 1.54) is 6.07 Å². The Morgan fingerprint density at radius 1 is 1.47 bits per heavy atom. The van der Waals surface area contributed by atoms with Crippen LogP contribution in [-0.2, 0) is 22.8 Å². The van der Waals surface area contributed by atoms with Gasteiger partial charge in [0.2, 0.25) is 0 Å². The summed E-state index contributed by atoms with van der Waals surface area (Å²) in [6, 6.07) is 1.33. The van der Waals surface area contributed by atoms with Crippen LogP contribution in [0.4, 0.5) is 0 Å². The first-order valence-electron chi connectivity index (χ1n) is 5.66. The van der Waals surface area contributed by atoms with E-state index < -0.39 is 15.8 Å². The normalized spacial score (nSPS) is 11.6. The van der Waals surface area contributed by atoms with Crippen molar-refractivity contribution < 1.29 is 18.3 Å². The highest BCUT2D eigenvalue weighted by Gasteiger charge is 2.24. The van der Waals surface area contributed by atoms with Gasteiger partial charge in [-0.1, -0.05) is 18.5 Å². The summed E-state index contributed by atoms with van der Waals surface area (Å²) in [5, 5.41) is 11.9. The Balaban J connectivity index is 3.80. The van der Waals surface area contributed by atoms with Crippen molar-refractivity contribution in [3.8, 4) is 0 Å². The molecule has 0 saturated heterocycles. The van der Waals surface area contributed by atoms with Crippen LogP contribution in [0.15, 0.2) is 11.0 Å². The molecule has 2 N–H and O–H groups in total. The third-order valence-electron chi connectivity index (χ3n) is 2.72. The quantitative estimate of drug-likeness (QED) is 0.865. The zero-order valence-corrected chi connectivity index (χ0v) is 12.5. The molecule has 19 heavy (non-hydrogen) atoms. The van der Waals surface area contributed by atoms with Crippen molar-refractivity contribution in [2.45, 2.75) is 24.8 Å². The van der Waals surface area contributed by atoms with Crippen molar-refractivity contribution in [1.29, 1.82) is 0 Å². The lowest BCUT2D eigenvalue weighted by Gasteiger charge is -2.16. The predicted octanol–water partition coefficient (Wildman–Crippen LogP) is 1.72. The Morgan fingerprint density at radius 2 is 2.05 bits per heavy atom. The van der Waals surface area contributed by atoms with E-state index in [0.29, 0.717) is 17.5 Å². The summed E-state index contributed by atoms with van der Waals surface area (Å²) in [5.41, 5.74) is 0.703. The molecule has 0 saturated carbocycles. The molecule has 0 amide bonds. The van der Waals surface area contributed by atoms with Gasteiger partial charge in [0.05, 0.1) is 15.5 Å². The molecule has 0 spiro atoms. The summed E-state index contributed by atoms with van der Waals surface area (Å²) in [6.07, 6.45) is 1.51. The average molecular weight is 306 g/mol. The second-order valence-corrected chi connectivity index (χ2v) is 6.50. The zero-order chi connectivity index (χ0) is 14.8. The van der Waals surface area contributed by atoms with Crippen LogP contribution < -0.4 is 5.32 Å². The van der Waals surface area contributed by atoms with Crippen LogP contribution >= 0.6 is 11.6 Å². The van der Waals surface area contributed by atoms with Gasteiger partial charge in [-0.2, -0.15) is 0 Å². The van der Waals surface area contributed by atoms with Crippen molar-refractivity contribution >= 4 is 27.4 Å². The highest BCUT2D eigenvalue weighted by molar-refractivity contribution is 7.90. The Labute approximate surface area is 117 Å². The van der Waals surface area contributed by atoms with E-state index in [4.69, 9.17) is 16.7 Å². The number of nitrogens with one attached hydrogen (secondary N) is 1. The fourth-order valence-corrected chi connectivity index (χ4v) is 3.63. The molecular formula is C12H16ClNO4S. The van der Waals surface area contributed by atoms with Crippen molar-refractivity contribution in [3.63, 3.8) is 0 Å². The summed E-state index contributed by atoms with van der Waals surface area (Å²) in [5.74, 6) is -1.17. The first kappa shape index (κ1) is 15.9. The number of rotatable bonds is 5. The third kappa shape index (κ3) is 3.26. The van der Waals surface area contributed by atoms with Crippen LogP contribution in [0.25, 0.3) is 0 Å². The molecule has 0 aliphatic heterocycles. The lowest BCUT2D eigenvalue weighted by molar-refractivity contribution is 0.0696. The number of aryl methyl sites for hydroxylation is 1. The minimum absolute atomic E-state index is 0.0283. The number of sulfone groups is 1. The third-order valence-corrected chi connectivity index (χ3v) is 4.40. The van der Waals surface area contributed by atoms with E-state index in [1.54, 1.807) is 14.0 Å². The second kappa shape index (κ2) is 5.90. The average Bonchev–Trinajstić information content (AvgIpc) is 2.29. The summed E-state index contributed by atoms with van der Waals surface area (Å²) in [4.78, 5) is 11.3. The molecule has 0 bridgehead atoms. The molecule has 0 radical (unpaired) electrons. The number of hydrogen-bond acceptors (Lipinski definition) is 4. The summed E-state index contributed by atoms with van der Waals surface area (Å²) >= 11 is 6.04. The zero-order valence-electron chi connectivity index (χ0n) is 10.9. The van der Waals surface area contributed by atoms with E-state index in [0.717, 1.165) is 6.26 Å². The number of aromatic carboxylic acids is 1. The van der Waals surface area contributed by atoms with Gasteiger partial charge < -0.3 is 10.4 Å². The van der Waals surface area contributed by atoms with Crippen molar-refractivity contribution in [2.75, 3.05) is 13.3 Å². The van der Waals surface area contributed by atoms with Crippen LogP contribution in [0.2, 0.25) is 5.02 Å². The van der Waals surface area contributed by atoms with E-state index >= 15 is 0 Å². The number of carboxylic acids is 1. The number of halogens is 1. The van der Waals surface area contributed by atoms with Gasteiger partial charge in [0, 0.05) is 18.4 Å². The Kier molecular flexibility index (Phi) is 4.95. The van der Waals surface area contributed by atoms with Gasteiger partial charge in [0.25, 0.3) is 0 Å². The standard InChI is InChI=1S/C12H16ClNO4S/c1-4-7-5-8(12(15)16)10(13)9(6-14-2)11(7)19(3,17)18/h5,14H,4,6H2,1-3H3,(H,15,16). The molecule has 0 heterocycles. The summed E-state index contributed by atoms with van der Waals surface area (Å²) < 4.78 is 23.8. The van der Waals surface area contributed by atoms with E-state index in [2.05, 4.69) is 5.32 Å². The molecule has 0 atom stereocenters. The topological polar surface area (TPSA) is 83.5 Å². The van der Waals surface area contributed by atoms with Crippen molar-refractivity contribution in [2.24, 2.45) is 0 Å². The van der Waals surface area contributed by atoms with Crippen LogP contribution in [0.5, 0.6) is 0 Å². The van der Waals surface area contributed by atoms with Crippen LogP contribution in [0.1, 0.15) is 28.4 Å². The maximum Gasteiger partial charge on any atom is 0.337 e. The van der Waals surface area contributed by atoms with Crippen LogP contribution in [0.3, 0.4) is 0 Å². The Bertz CT molecular complexity index is 611. The molecule has 106 valence electrons. The minimum Gasteiger partial charge on any atom is -0.478 e. The Morgan fingerprint density at radius 3 is 2.42 bits per heavy atom. The maximum atomic E-state index is 11.9. The van der Waals surface area contributed by atoms with E-state index in [9.17, 15) is 13.2 Å². The van der Waals surface area contributed by atoms with Crippen LogP contribution in [-0.4, -0.2) is 32.8 Å². The number of carbonyl (C=O) groups is 1. The predicted molar refractivity (Wildman–Crippen MR) is 73.7 cm³/mol. The van der Waals surface area contributed by atoms with Gasteiger partial charge >= 0.3 is 5.97 Å². The van der Waals surface area contributed by atoms with Gasteiger partial charge in [-0.25, -0.2) is 13.2 Å². The molecule has 7 heteroatoms. The summed E-state index contributed by atoms with van der Waals surface area (Å²) in [7, 11) is -1.84. The molecule has 1 aromatic rings. The lowest BCUT2D eigenvalue weighted by atomic mass is 10.0. The van der Waals surface area contributed by atoms with Gasteiger partial charge in [-0.15, -0.1) is 0 Å². The van der Waals surface area contributed by atoms with E-state index in [1.807, 2.05) is 0 Å². The largest absolute Gasteiger partial charge is 0.478 e. The highest BCUT2D eigenvalue weighted by atomic mass is 35.5. The molecule has 0 aromatic heterocycles.